The largest absolute Gasteiger partial charge is 0.493 e. The molecule has 7 nitrogen and oxygen atoms in total. The number of ether oxygens (including phenoxy) is 3. The molecule has 36 heavy (non-hydrogen) atoms. The highest BCUT2D eigenvalue weighted by atomic mass is 79.9. The summed E-state index contributed by atoms with van der Waals surface area (Å²) in [5, 5.41) is 11.8. The van der Waals surface area contributed by atoms with E-state index in [4.69, 9.17) is 14.2 Å². The van der Waals surface area contributed by atoms with Crippen molar-refractivity contribution in [3.05, 3.63) is 95.0 Å². The molecule has 0 unspecified atom stereocenters. The van der Waals surface area contributed by atoms with E-state index < -0.39 is 11.9 Å². The predicted molar refractivity (Wildman–Crippen MR) is 140 cm³/mol. The van der Waals surface area contributed by atoms with E-state index in [9.17, 15) is 14.9 Å². The number of hydrogen-bond donors (Lipinski definition) is 1. The molecule has 1 amide bonds. The van der Waals surface area contributed by atoms with E-state index in [1.807, 2.05) is 48.5 Å². The van der Waals surface area contributed by atoms with Crippen LogP contribution in [0.1, 0.15) is 5.56 Å². The highest BCUT2D eigenvalue weighted by molar-refractivity contribution is 9.10. The molecule has 0 saturated heterocycles. The molecule has 3 aromatic rings. The topological polar surface area (TPSA) is 97.7 Å². The summed E-state index contributed by atoms with van der Waals surface area (Å²) in [6.45, 7) is 3.44. The van der Waals surface area contributed by atoms with Crippen LogP contribution in [0.25, 0.3) is 17.2 Å². The van der Waals surface area contributed by atoms with Gasteiger partial charge in [-0.1, -0.05) is 48.5 Å². The van der Waals surface area contributed by atoms with Crippen molar-refractivity contribution >= 4 is 33.9 Å². The van der Waals surface area contributed by atoms with E-state index in [1.165, 1.54) is 25.3 Å². The average Bonchev–Trinajstić information content (AvgIpc) is 2.90. The number of methoxy groups -OCH3 is 1. The molecule has 0 heterocycles. The summed E-state index contributed by atoms with van der Waals surface area (Å²) in [5.41, 5.74) is 2.51. The first kappa shape index (κ1) is 26.3. The Labute approximate surface area is 217 Å². The maximum absolute atomic E-state index is 12.4. The molecule has 0 fully saturated rings. The Balaban J connectivity index is 1.65. The third-order valence-electron chi connectivity index (χ3n) is 4.88. The van der Waals surface area contributed by atoms with Crippen LogP contribution in [-0.2, 0) is 9.59 Å². The summed E-state index contributed by atoms with van der Waals surface area (Å²) in [5.74, 6) is -0.215. The Morgan fingerprint density at radius 3 is 2.44 bits per heavy atom. The first-order valence-corrected chi connectivity index (χ1v) is 11.6. The SMILES string of the molecule is C=CCNC(=O)/C(C#N)=C/c1ccc(OC(=O)COc2ccc(-c3ccccc3)cc2Br)c(OC)c1. The number of nitrogens with zero attached hydrogens (tertiary/aromatic N) is 1. The lowest BCUT2D eigenvalue weighted by molar-refractivity contribution is -0.136. The minimum absolute atomic E-state index is 0.0825. The molecule has 8 heteroatoms. The highest BCUT2D eigenvalue weighted by Gasteiger charge is 2.14. The fourth-order valence-electron chi connectivity index (χ4n) is 3.15. The summed E-state index contributed by atoms with van der Waals surface area (Å²) in [6.07, 6.45) is 2.92. The van der Waals surface area contributed by atoms with E-state index >= 15 is 0 Å². The summed E-state index contributed by atoms with van der Waals surface area (Å²) >= 11 is 3.48. The zero-order chi connectivity index (χ0) is 25.9. The van der Waals surface area contributed by atoms with Crippen LogP contribution in [0.3, 0.4) is 0 Å². The van der Waals surface area contributed by atoms with Gasteiger partial charge >= 0.3 is 5.97 Å². The summed E-state index contributed by atoms with van der Waals surface area (Å²) < 4.78 is 17.0. The van der Waals surface area contributed by atoms with E-state index in [2.05, 4.69) is 27.8 Å². The number of nitriles is 1. The Morgan fingerprint density at radius 2 is 1.78 bits per heavy atom. The van der Waals surface area contributed by atoms with Gasteiger partial charge in [0, 0.05) is 6.54 Å². The van der Waals surface area contributed by atoms with Crippen LogP contribution in [0.4, 0.5) is 0 Å². The van der Waals surface area contributed by atoms with E-state index in [0.29, 0.717) is 15.8 Å². The van der Waals surface area contributed by atoms with Crippen molar-refractivity contribution in [1.29, 1.82) is 5.26 Å². The second-order valence-corrected chi connectivity index (χ2v) is 8.21. The zero-order valence-electron chi connectivity index (χ0n) is 19.5. The van der Waals surface area contributed by atoms with Crippen LogP contribution in [0, 0.1) is 11.3 Å². The van der Waals surface area contributed by atoms with Gasteiger partial charge in [0.2, 0.25) is 0 Å². The van der Waals surface area contributed by atoms with Crippen LogP contribution in [0.5, 0.6) is 17.2 Å². The van der Waals surface area contributed by atoms with Gasteiger partial charge in [-0.3, -0.25) is 4.79 Å². The quantitative estimate of drug-likeness (QED) is 0.121. The molecule has 0 aliphatic carbocycles. The molecule has 0 atom stereocenters. The van der Waals surface area contributed by atoms with Crippen molar-refractivity contribution in [2.75, 3.05) is 20.3 Å². The molecule has 0 aliphatic rings. The minimum Gasteiger partial charge on any atom is -0.493 e. The first-order valence-electron chi connectivity index (χ1n) is 10.8. The standard InChI is InChI=1S/C28H23BrN2O5/c1-3-13-31-28(33)22(17-30)14-19-9-11-25(26(15-19)34-2)36-27(32)18-35-24-12-10-21(16-23(24)29)20-7-5-4-6-8-20/h3-12,14-16H,1,13,18H2,2H3,(H,31,33)/b22-14+. The number of amides is 1. The smallest absolute Gasteiger partial charge is 0.349 e. The molecule has 3 rings (SSSR count). The van der Waals surface area contributed by atoms with Crippen molar-refractivity contribution in [2.24, 2.45) is 0 Å². The second kappa shape index (κ2) is 12.9. The number of nitrogens with one attached hydrogen (secondary N) is 1. The lowest BCUT2D eigenvalue weighted by Crippen LogP contribution is -2.24. The Bertz CT molecular complexity index is 1330. The highest BCUT2D eigenvalue weighted by Crippen LogP contribution is 2.32. The molecule has 0 aliphatic heterocycles. The maximum Gasteiger partial charge on any atom is 0.349 e. The van der Waals surface area contributed by atoms with Crippen molar-refractivity contribution in [3.8, 4) is 34.4 Å². The van der Waals surface area contributed by atoms with Crippen LogP contribution >= 0.6 is 15.9 Å². The minimum atomic E-state index is -0.628. The summed E-state index contributed by atoms with van der Waals surface area (Å²) in [7, 11) is 1.42. The Kier molecular flexibility index (Phi) is 9.43. The van der Waals surface area contributed by atoms with Gasteiger partial charge in [-0.15, -0.1) is 6.58 Å². The van der Waals surface area contributed by atoms with Crippen molar-refractivity contribution in [3.63, 3.8) is 0 Å². The van der Waals surface area contributed by atoms with Gasteiger partial charge in [0.1, 0.15) is 17.4 Å². The van der Waals surface area contributed by atoms with E-state index in [1.54, 1.807) is 18.2 Å². The van der Waals surface area contributed by atoms with Crippen LogP contribution in [0.2, 0.25) is 0 Å². The molecule has 0 bridgehead atoms. The number of rotatable bonds is 10. The van der Waals surface area contributed by atoms with E-state index in [0.717, 1.165) is 11.1 Å². The average molecular weight is 547 g/mol. The number of benzene rings is 3. The summed E-state index contributed by atoms with van der Waals surface area (Å²) in [6, 6.07) is 22.0. The van der Waals surface area contributed by atoms with E-state index in [-0.39, 0.29) is 30.2 Å². The van der Waals surface area contributed by atoms with Gasteiger partial charge in [0.15, 0.2) is 18.1 Å². The van der Waals surface area contributed by atoms with Gasteiger partial charge in [-0.25, -0.2) is 4.79 Å². The molecule has 0 radical (unpaired) electrons. The lowest BCUT2D eigenvalue weighted by Gasteiger charge is -2.12. The monoisotopic (exact) mass is 546 g/mol. The molecular weight excluding hydrogens is 524 g/mol. The first-order chi connectivity index (χ1) is 17.4. The third-order valence-corrected chi connectivity index (χ3v) is 5.50. The van der Waals surface area contributed by atoms with Gasteiger partial charge in [-0.2, -0.15) is 5.26 Å². The molecule has 1 N–H and O–H groups in total. The van der Waals surface area contributed by atoms with Crippen molar-refractivity contribution < 1.29 is 23.8 Å². The van der Waals surface area contributed by atoms with Gasteiger partial charge < -0.3 is 19.5 Å². The number of carbonyl (C=O) groups excluding carboxylic acids is 2. The Hall–Kier alpha value is -4.35. The maximum atomic E-state index is 12.4. The number of hydrogen-bond acceptors (Lipinski definition) is 6. The lowest BCUT2D eigenvalue weighted by atomic mass is 10.1. The predicted octanol–water partition coefficient (Wildman–Crippen LogP) is 5.32. The van der Waals surface area contributed by atoms with Gasteiger partial charge in [0.25, 0.3) is 5.91 Å². The van der Waals surface area contributed by atoms with Gasteiger partial charge in [-0.05, 0) is 63.0 Å². The van der Waals surface area contributed by atoms with Gasteiger partial charge in [0.05, 0.1) is 11.6 Å². The molecule has 0 saturated carbocycles. The summed E-state index contributed by atoms with van der Waals surface area (Å²) in [4.78, 5) is 24.5. The fourth-order valence-corrected chi connectivity index (χ4v) is 3.64. The molecular formula is C28H23BrN2O5. The zero-order valence-corrected chi connectivity index (χ0v) is 21.1. The molecule has 0 aromatic heterocycles. The van der Waals surface area contributed by atoms with Crippen LogP contribution in [-0.4, -0.2) is 32.1 Å². The Morgan fingerprint density at radius 1 is 1.03 bits per heavy atom. The number of esters is 1. The molecule has 3 aromatic carbocycles. The molecule has 0 spiro atoms. The van der Waals surface area contributed by atoms with Crippen molar-refractivity contribution in [2.45, 2.75) is 0 Å². The fraction of sp³-hybridized carbons (Fsp3) is 0.107. The third kappa shape index (κ3) is 7.08. The van der Waals surface area contributed by atoms with Crippen LogP contribution in [0.15, 0.2) is 89.4 Å². The van der Waals surface area contributed by atoms with Crippen molar-refractivity contribution in [1.82, 2.24) is 5.32 Å². The second-order valence-electron chi connectivity index (χ2n) is 7.35. The normalized spacial score (nSPS) is 10.6. The number of carbonyl (C=O) groups is 2. The number of halogens is 1. The molecule has 182 valence electrons. The van der Waals surface area contributed by atoms with Crippen LogP contribution < -0.4 is 19.5 Å².